The number of aromatic nitrogens is 1. The summed E-state index contributed by atoms with van der Waals surface area (Å²) in [7, 11) is 0. The number of nitrogens with zero attached hydrogens (tertiary/aromatic N) is 2. The molecule has 100 valence electrons. The molecule has 0 aromatic carbocycles. The van der Waals surface area contributed by atoms with Crippen LogP contribution in [0.5, 0.6) is 0 Å². The Morgan fingerprint density at radius 2 is 2.22 bits per heavy atom. The number of hydrogen-bond acceptors (Lipinski definition) is 4. The van der Waals surface area contributed by atoms with Gasteiger partial charge in [0.15, 0.2) is 0 Å². The SMILES string of the molecule is CCOC1CCN(c2cc(C(C)O)ccn2)CC1. The summed E-state index contributed by atoms with van der Waals surface area (Å²) in [6.07, 6.45) is 3.83. The van der Waals surface area contributed by atoms with Crippen molar-refractivity contribution in [3.63, 3.8) is 0 Å². The van der Waals surface area contributed by atoms with E-state index in [9.17, 15) is 5.11 Å². The molecular weight excluding hydrogens is 228 g/mol. The Morgan fingerprint density at radius 3 is 2.83 bits per heavy atom. The van der Waals surface area contributed by atoms with Crippen LogP contribution in [0.3, 0.4) is 0 Å². The van der Waals surface area contributed by atoms with Gasteiger partial charge in [-0.05, 0) is 44.4 Å². The lowest BCUT2D eigenvalue weighted by Gasteiger charge is -2.32. The molecule has 0 spiro atoms. The van der Waals surface area contributed by atoms with Crippen LogP contribution in [0.4, 0.5) is 5.82 Å². The minimum absolute atomic E-state index is 0.395. The molecule has 1 atom stereocenters. The Kier molecular flexibility index (Phi) is 4.55. The van der Waals surface area contributed by atoms with Crippen molar-refractivity contribution in [1.29, 1.82) is 0 Å². The fraction of sp³-hybridized carbons (Fsp3) is 0.643. The molecule has 1 aromatic rings. The summed E-state index contributed by atoms with van der Waals surface area (Å²) in [5.74, 6) is 0.961. The number of aliphatic hydroxyl groups is 1. The van der Waals surface area contributed by atoms with Gasteiger partial charge in [-0.2, -0.15) is 0 Å². The van der Waals surface area contributed by atoms with Gasteiger partial charge in [0, 0.05) is 25.9 Å². The highest BCUT2D eigenvalue weighted by atomic mass is 16.5. The maximum Gasteiger partial charge on any atom is 0.128 e. The smallest absolute Gasteiger partial charge is 0.128 e. The van der Waals surface area contributed by atoms with Crippen molar-refractivity contribution in [2.24, 2.45) is 0 Å². The van der Waals surface area contributed by atoms with Gasteiger partial charge in [-0.25, -0.2) is 4.98 Å². The molecule has 0 amide bonds. The van der Waals surface area contributed by atoms with Crippen molar-refractivity contribution >= 4 is 5.82 Å². The Morgan fingerprint density at radius 1 is 1.50 bits per heavy atom. The Labute approximate surface area is 109 Å². The average molecular weight is 250 g/mol. The zero-order valence-electron chi connectivity index (χ0n) is 11.2. The molecule has 0 aliphatic carbocycles. The molecule has 1 aliphatic rings. The average Bonchev–Trinajstić information content (AvgIpc) is 2.40. The first kappa shape index (κ1) is 13.3. The van der Waals surface area contributed by atoms with E-state index in [1.807, 2.05) is 19.1 Å². The summed E-state index contributed by atoms with van der Waals surface area (Å²) in [6.45, 7) is 6.56. The number of aliphatic hydroxyl groups excluding tert-OH is 1. The van der Waals surface area contributed by atoms with Gasteiger partial charge in [0.1, 0.15) is 5.82 Å². The number of piperidine rings is 1. The fourth-order valence-corrected chi connectivity index (χ4v) is 2.35. The normalized spacial score (nSPS) is 18.9. The van der Waals surface area contributed by atoms with Crippen LogP contribution >= 0.6 is 0 Å². The molecule has 1 aromatic heterocycles. The molecule has 1 N–H and O–H groups in total. The van der Waals surface area contributed by atoms with E-state index in [0.717, 1.165) is 43.9 Å². The molecule has 1 aliphatic heterocycles. The third-order valence-corrected chi connectivity index (χ3v) is 3.42. The summed E-state index contributed by atoms with van der Waals surface area (Å²) >= 11 is 0. The van der Waals surface area contributed by atoms with Crippen LogP contribution in [-0.2, 0) is 4.74 Å². The van der Waals surface area contributed by atoms with Crippen molar-refractivity contribution < 1.29 is 9.84 Å². The number of hydrogen-bond donors (Lipinski definition) is 1. The highest BCUT2D eigenvalue weighted by Crippen LogP contribution is 2.22. The Bertz CT molecular complexity index is 374. The van der Waals surface area contributed by atoms with Gasteiger partial charge in [0.25, 0.3) is 0 Å². The molecule has 0 bridgehead atoms. The molecule has 0 radical (unpaired) electrons. The lowest BCUT2D eigenvalue weighted by molar-refractivity contribution is 0.0458. The second kappa shape index (κ2) is 6.16. The van der Waals surface area contributed by atoms with E-state index in [4.69, 9.17) is 4.74 Å². The molecule has 1 unspecified atom stereocenters. The van der Waals surface area contributed by atoms with Crippen LogP contribution in [-0.4, -0.2) is 35.9 Å². The first-order valence-electron chi connectivity index (χ1n) is 6.71. The summed E-state index contributed by atoms with van der Waals surface area (Å²) in [5.41, 5.74) is 0.923. The van der Waals surface area contributed by atoms with Crippen molar-refractivity contribution in [1.82, 2.24) is 4.98 Å². The number of anilines is 1. The lowest BCUT2D eigenvalue weighted by atomic mass is 10.1. The third-order valence-electron chi connectivity index (χ3n) is 3.42. The molecule has 4 nitrogen and oxygen atoms in total. The highest BCUT2D eigenvalue weighted by molar-refractivity contribution is 5.42. The Hall–Kier alpha value is -1.13. The molecule has 2 rings (SSSR count). The largest absolute Gasteiger partial charge is 0.389 e. The van der Waals surface area contributed by atoms with Gasteiger partial charge in [-0.15, -0.1) is 0 Å². The van der Waals surface area contributed by atoms with Gasteiger partial charge in [-0.3, -0.25) is 0 Å². The van der Waals surface area contributed by atoms with Crippen LogP contribution in [0.1, 0.15) is 38.4 Å². The summed E-state index contributed by atoms with van der Waals surface area (Å²) in [6, 6.07) is 3.84. The number of rotatable bonds is 4. The van der Waals surface area contributed by atoms with Crippen molar-refractivity contribution in [2.45, 2.75) is 38.9 Å². The monoisotopic (exact) mass is 250 g/mol. The quantitative estimate of drug-likeness (QED) is 0.889. The van der Waals surface area contributed by atoms with E-state index >= 15 is 0 Å². The number of ether oxygens (including phenoxy) is 1. The minimum Gasteiger partial charge on any atom is -0.389 e. The fourth-order valence-electron chi connectivity index (χ4n) is 2.35. The highest BCUT2D eigenvalue weighted by Gasteiger charge is 2.20. The van der Waals surface area contributed by atoms with Crippen molar-refractivity contribution in [3.8, 4) is 0 Å². The van der Waals surface area contributed by atoms with Crippen LogP contribution in [0.2, 0.25) is 0 Å². The van der Waals surface area contributed by atoms with E-state index in [-0.39, 0.29) is 0 Å². The summed E-state index contributed by atoms with van der Waals surface area (Å²) in [4.78, 5) is 6.66. The van der Waals surface area contributed by atoms with Crippen LogP contribution in [0, 0.1) is 0 Å². The van der Waals surface area contributed by atoms with Gasteiger partial charge in [0.05, 0.1) is 12.2 Å². The van der Waals surface area contributed by atoms with E-state index < -0.39 is 6.10 Å². The molecule has 2 heterocycles. The van der Waals surface area contributed by atoms with Gasteiger partial charge < -0.3 is 14.7 Å². The van der Waals surface area contributed by atoms with Gasteiger partial charge in [0.2, 0.25) is 0 Å². The minimum atomic E-state index is -0.437. The van der Waals surface area contributed by atoms with E-state index in [1.165, 1.54) is 0 Å². The van der Waals surface area contributed by atoms with Crippen LogP contribution < -0.4 is 4.90 Å². The first-order valence-corrected chi connectivity index (χ1v) is 6.71. The molecule has 4 heteroatoms. The zero-order chi connectivity index (χ0) is 13.0. The van der Waals surface area contributed by atoms with Crippen molar-refractivity contribution in [3.05, 3.63) is 23.9 Å². The van der Waals surface area contributed by atoms with Crippen LogP contribution in [0.25, 0.3) is 0 Å². The predicted octanol–water partition coefficient (Wildman–Crippen LogP) is 2.14. The summed E-state index contributed by atoms with van der Waals surface area (Å²) in [5, 5.41) is 9.59. The van der Waals surface area contributed by atoms with E-state index in [1.54, 1.807) is 13.1 Å². The lowest BCUT2D eigenvalue weighted by Crippen LogP contribution is -2.37. The second-order valence-corrected chi connectivity index (χ2v) is 4.77. The Balaban J connectivity index is 1.98. The van der Waals surface area contributed by atoms with Crippen LogP contribution in [0.15, 0.2) is 18.3 Å². The maximum atomic E-state index is 9.59. The van der Waals surface area contributed by atoms with Gasteiger partial charge in [-0.1, -0.05) is 0 Å². The summed E-state index contributed by atoms with van der Waals surface area (Å²) < 4.78 is 5.64. The molecular formula is C14H22N2O2. The second-order valence-electron chi connectivity index (χ2n) is 4.77. The maximum absolute atomic E-state index is 9.59. The van der Waals surface area contributed by atoms with E-state index in [2.05, 4.69) is 9.88 Å². The molecule has 1 fully saturated rings. The van der Waals surface area contributed by atoms with E-state index in [0.29, 0.717) is 6.10 Å². The first-order chi connectivity index (χ1) is 8.70. The third kappa shape index (κ3) is 3.21. The molecule has 18 heavy (non-hydrogen) atoms. The topological polar surface area (TPSA) is 45.6 Å². The zero-order valence-corrected chi connectivity index (χ0v) is 11.2. The predicted molar refractivity (Wildman–Crippen MR) is 71.7 cm³/mol. The molecule has 0 saturated carbocycles. The van der Waals surface area contributed by atoms with Gasteiger partial charge >= 0.3 is 0 Å². The standard InChI is InChI=1S/C14H22N2O2/c1-3-18-13-5-8-16(9-6-13)14-10-12(11(2)17)4-7-15-14/h4,7,10-11,13,17H,3,5-6,8-9H2,1-2H3. The number of pyridine rings is 1. The molecule has 1 saturated heterocycles. The van der Waals surface area contributed by atoms with Crippen molar-refractivity contribution in [2.75, 3.05) is 24.6 Å².